The largest absolute Gasteiger partial charge is 0.281 e. The molecule has 0 aromatic carbocycles. The molecule has 1 aromatic heterocycles. The van der Waals surface area contributed by atoms with E-state index in [1.807, 2.05) is 6.20 Å². The van der Waals surface area contributed by atoms with Crippen molar-refractivity contribution in [3.8, 4) is 0 Å². The van der Waals surface area contributed by atoms with Crippen LogP contribution in [0, 0.1) is 5.41 Å². The molecule has 0 saturated heterocycles. The summed E-state index contributed by atoms with van der Waals surface area (Å²) < 4.78 is 0. The number of aromatic nitrogens is 2. The molecule has 0 spiro atoms. The van der Waals surface area contributed by atoms with E-state index in [4.69, 9.17) is 0 Å². The fourth-order valence-corrected chi connectivity index (χ4v) is 4.46. The Hall–Kier alpha value is -1.38. The van der Waals surface area contributed by atoms with Crippen LogP contribution < -0.4 is 0 Å². The van der Waals surface area contributed by atoms with E-state index in [1.54, 1.807) is 0 Å². The highest BCUT2D eigenvalue weighted by molar-refractivity contribution is 6.01. The van der Waals surface area contributed by atoms with Gasteiger partial charge in [-0.05, 0) is 37.0 Å². The number of hydrogen-bond donors (Lipinski definition) is 1. The van der Waals surface area contributed by atoms with E-state index < -0.39 is 0 Å². The average Bonchev–Trinajstić information content (AvgIpc) is 2.98. The second-order valence-electron chi connectivity index (χ2n) is 7.01. The number of nitrogens with zero attached hydrogens (tertiary/aromatic N) is 2. The van der Waals surface area contributed by atoms with E-state index in [0.717, 1.165) is 18.5 Å². The number of allylic oxidation sites excluding steroid dienone is 1. The summed E-state index contributed by atoms with van der Waals surface area (Å²) in [5.41, 5.74) is 5.81. The van der Waals surface area contributed by atoms with Crippen LogP contribution in [0.3, 0.4) is 0 Å². The fraction of sp³-hybridized carbons (Fsp3) is 0.625. The van der Waals surface area contributed by atoms with E-state index in [-0.39, 0.29) is 5.41 Å². The third-order valence-electron chi connectivity index (χ3n) is 6.09. The molecule has 100 valence electrons. The molecule has 2 aliphatic carbocycles. The molecule has 2 heterocycles. The van der Waals surface area contributed by atoms with Crippen molar-refractivity contribution in [2.24, 2.45) is 10.4 Å². The van der Waals surface area contributed by atoms with Crippen molar-refractivity contribution >= 4 is 5.71 Å². The number of H-pyrrole nitrogens is 1. The summed E-state index contributed by atoms with van der Waals surface area (Å²) in [6.07, 6.45) is 8.76. The normalized spacial score (nSPS) is 34.5. The Morgan fingerprint density at radius 1 is 1.32 bits per heavy atom. The van der Waals surface area contributed by atoms with Crippen molar-refractivity contribution in [3.63, 3.8) is 0 Å². The van der Waals surface area contributed by atoms with Gasteiger partial charge >= 0.3 is 0 Å². The first-order valence-electron chi connectivity index (χ1n) is 7.36. The van der Waals surface area contributed by atoms with E-state index in [1.165, 1.54) is 29.8 Å². The highest BCUT2D eigenvalue weighted by Crippen LogP contribution is 2.67. The Bertz CT molecular complexity index is 606. The molecule has 4 rings (SSSR count). The van der Waals surface area contributed by atoms with Gasteiger partial charge in [0.05, 0.1) is 5.71 Å². The average molecular weight is 255 g/mol. The quantitative estimate of drug-likeness (QED) is 0.817. The first kappa shape index (κ1) is 11.4. The highest BCUT2D eigenvalue weighted by Gasteiger charge is 2.61. The summed E-state index contributed by atoms with van der Waals surface area (Å²) >= 11 is 0. The summed E-state index contributed by atoms with van der Waals surface area (Å²) in [4.78, 5) is 4.56. The molecule has 1 fully saturated rings. The predicted molar refractivity (Wildman–Crippen MR) is 76.6 cm³/mol. The minimum atomic E-state index is 0.267. The van der Waals surface area contributed by atoms with E-state index >= 15 is 0 Å². The van der Waals surface area contributed by atoms with E-state index in [9.17, 15) is 0 Å². The van der Waals surface area contributed by atoms with Gasteiger partial charge in [-0.3, -0.25) is 10.1 Å². The van der Waals surface area contributed by atoms with Crippen LogP contribution >= 0.6 is 0 Å². The lowest BCUT2D eigenvalue weighted by Gasteiger charge is -2.34. The Labute approximate surface area is 114 Å². The fourth-order valence-electron chi connectivity index (χ4n) is 4.46. The number of fused-ring (bicyclic) bond motifs is 5. The minimum Gasteiger partial charge on any atom is -0.281 e. The summed E-state index contributed by atoms with van der Waals surface area (Å²) in [6.45, 7) is 7.25. The van der Waals surface area contributed by atoms with Gasteiger partial charge in [-0.1, -0.05) is 26.8 Å². The lowest BCUT2D eigenvalue weighted by Crippen LogP contribution is -2.32. The SMILES string of the molecule is CC12CCC(c3c(C4=NC=CCC4)n[nH]c31)C2(C)C. The number of nitrogens with one attached hydrogen (secondary N) is 1. The summed E-state index contributed by atoms with van der Waals surface area (Å²) in [5.74, 6) is 0.648. The van der Waals surface area contributed by atoms with Crippen molar-refractivity contribution < 1.29 is 0 Å². The Morgan fingerprint density at radius 2 is 2.16 bits per heavy atom. The lowest BCUT2D eigenvalue weighted by molar-refractivity contribution is 0.225. The van der Waals surface area contributed by atoms with E-state index in [2.05, 4.69) is 42.0 Å². The highest BCUT2D eigenvalue weighted by atomic mass is 15.1. The third kappa shape index (κ3) is 1.19. The molecule has 2 bridgehead atoms. The van der Waals surface area contributed by atoms with Crippen LogP contribution in [0.1, 0.15) is 69.3 Å². The van der Waals surface area contributed by atoms with Crippen LogP contribution in [0.25, 0.3) is 0 Å². The molecule has 1 aliphatic heterocycles. The molecule has 2 unspecified atom stereocenters. The van der Waals surface area contributed by atoms with Crippen LogP contribution in [0.15, 0.2) is 17.3 Å². The van der Waals surface area contributed by atoms with Crippen molar-refractivity contribution in [1.82, 2.24) is 10.2 Å². The van der Waals surface area contributed by atoms with Gasteiger partial charge in [0.25, 0.3) is 0 Å². The molecule has 19 heavy (non-hydrogen) atoms. The topological polar surface area (TPSA) is 41.0 Å². The third-order valence-corrected chi connectivity index (χ3v) is 6.09. The van der Waals surface area contributed by atoms with Crippen molar-refractivity contribution in [3.05, 3.63) is 29.2 Å². The smallest absolute Gasteiger partial charge is 0.110 e. The number of aliphatic imine (C=N–C) groups is 1. The standard InChI is InChI=1S/C16H21N3/c1-15(2)10-7-8-16(15,3)14-12(10)13(18-19-14)11-6-4-5-9-17-11/h5,9-10H,4,6-8H2,1-3H3,(H,18,19). The van der Waals surface area contributed by atoms with E-state index in [0.29, 0.717) is 11.3 Å². The summed E-state index contributed by atoms with van der Waals surface area (Å²) in [5, 5.41) is 7.98. The van der Waals surface area contributed by atoms with Gasteiger partial charge < -0.3 is 0 Å². The van der Waals surface area contributed by atoms with Gasteiger partial charge in [0.2, 0.25) is 0 Å². The maximum atomic E-state index is 4.62. The van der Waals surface area contributed by atoms with Gasteiger partial charge in [-0.25, -0.2) is 0 Å². The summed E-state index contributed by atoms with van der Waals surface area (Å²) in [7, 11) is 0. The second-order valence-corrected chi connectivity index (χ2v) is 7.01. The Balaban J connectivity index is 1.89. The molecule has 1 aromatic rings. The molecular formula is C16H21N3. The Kier molecular flexibility index (Phi) is 2.04. The number of hydrogen-bond acceptors (Lipinski definition) is 2. The van der Waals surface area contributed by atoms with Crippen LogP contribution in [-0.2, 0) is 5.41 Å². The first-order valence-corrected chi connectivity index (χ1v) is 7.36. The van der Waals surface area contributed by atoms with Crippen LogP contribution in [-0.4, -0.2) is 15.9 Å². The molecule has 2 atom stereocenters. The van der Waals surface area contributed by atoms with Gasteiger partial charge in [0.1, 0.15) is 5.69 Å². The molecule has 3 heteroatoms. The van der Waals surface area contributed by atoms with Gasteiger partial charge in [0.15, 0.2) is 0 Å². The molecular weight excluding hydrogens is 234 g/mol. The maximum absolute atomic E-state index is 4.62. The molecule has 1 saturated carbocycles. The van der Waals surface area contributed by atoms with Crippen LogP contribution in [0.4, 0.5) is 0 Å². The second kappa shape index (κ2) is 3.38. The minimum absolute atomic E-state index is 0.267. The first-order chi connectivity index (χ1) is 9.06. The van der Waals surface area contributed by atoms with Crippen molar-refractivity contribution in [2.45, 2.75) is 57.8 Å². The molecule has 0 amide bonds. The molecule has 3 aliphatic rings. The van der Waals surface area contributed by atoms with Crippen molar-refractivity contribution in [1.29, 1.82) is 0 Å². The monoisotopic (exact) mass is 255 g/mol. The predicted octanol–water partition coefficient (Wildman–Crippen LogP) is 3.68. The zero-order valence-electron chi connectivity index (χ0n) is 12.0. The summed E-state index contributed by atoms with van der Waals surface area (Å²) in [6, 6.07) is 0. The zero-order valence-corrected chi connectivity index (χ0v) is 12.0. The molecule has 1 N–H and O–H groups in total. The van der Waals surface area contributed by atoms with Crippen molar-refractivity contribution in [2.75, 3.05) is 0 Å². The van der Waals surface area contributed by atoms with Crippen LogP contribution in [0.5, 0.6) is 0 Å². The van der Waals surface area contributed by atoms with Gasteiger partial charge in [-0.2, -0.15) is 5.10 Å². The number of aromatic amines is 1. The zero-order chi connectivity index (χ0) is 13.3. The Morgan fingerprint density at radius 3 is 2.89 bits per heavy atom. The van der Waals surface area contributed by atoms with Crippen LogP contribution in [0.2, 0.25) is 0 Å². The lowest BCUT2D eigenvalue weighted by atomic mass is 9.70. The maximum Gasteiger partial charge on any atom is 0.110 e. The van der Waals surface area contributed by atoms with Gasteiger partial charge in [-0.15, -0.1) is 0 Å². The molecule has 0 radical (unpaired) electrons. The molecule has 3 nitrogen and oxygen atoms in total. The number of rotatable bonds is 1. The van der Waals surface area contributed by atoms with Gasteiger partial charge in [0, 0.05) is 22.9 Å².